The Bertz CT molecular complexity index is 333. The van der Waals surface area contributed by atoms with E-state index in [-0.39, 0.29) is 12.0 Å². The first-order valence-corrected chi connectivity index (χ1v) is 4.92. The van der Waals surface area contributed by atoms with Gasteiger partial charge in [0.2, 0.25) is 0 Å². The number of hydrogen-bond donors (Lipinski definition) is 3. The Morgan fingerprint density at radius 1 is 1.50 bits per heavy atom. The average Bonchev–Trinajstić information content (AvgIpc) is 2.18. The second kappa shape index (κ2) is 6.07. The third-order valence-electron chi connectivity index (χ3n) is 2.08. The fraction of sp³-hybridized carbons (Fsp3) is 0.455. The Morgan fingerprint density at radius 3 is 2.38 bits per heavy atom. The maximum Gasteiger partial charge on any atom is 0.331 e. The lowest BCUT2D eigenvalue weighted by atomic mass is 9.80. The molecule has 0 spiro atoms. The molecular weight excluding hydrogens is 210 g/mol. The minimum absolute atomic E-state index is 0.0359. The Balaban J connectivity index is 0.000000673. The van der Waals surface area contributed by atoms with Crippen LogP contribution in [-0.4, -0.2) is 28.7 Å². The molecule has 0 heterocycles. The molecule has 0 saturated carbocycles. The minimum Gasteiger partial charge on any atom is -0.481 e. The van der Waals surface area contributed by atoms with Gasteiger partial charge in [-0.1, -0.05) is 25.2 Å². The fourth-order valence-corrected chi connectivity index (χ4v) is 1.18. The molecule has 5 nitrogen and oxygen atoms in total. The van der Waals surface area contributed by atoms with Crippen LogP contribution in [0.2, 0.25) is 0 Å². The Hall–Kier alpha value is -1.62. The third kappa shape index (κ3) is 3.86. The topological polar surface area (TPSA) is 101 Å². The zero-order valence-electron chi connectivity index (χ0n) is 9.43. The van der Waals surface area contributed by atoms with E-state index in [9.17, 15) is 9.59 Å². The van der Waals surface area contributed by atoms with Gasteiger partial charge in [0.25, 0.3) is 0 Å². The Morgan fingerprint density at radius 2 is 2.00 bits per heavy atom. The molecule has 1 rings (SSSR count). The molecule has 1 unspecified atom stereocenters. The standard InChI is InChI=1S/C9H10O4.C2H7N/c1-9(8(12)13)4-2-3-6(5-9)7(10)11;1-2-3/h2-4H,5H2,1H3,(H,10,11)(H,12,13);2-3H2,1H3. The van der Waals surface area contributed by atoms with Crippen LogP contribution < -0.4 is 5.73 Å². The van der Waals surface area contributed by atoms with Gasteiger partial charge in [0.05, 0.1) is 5.41 Å². The first-order valence-electron chi connectivity index (χ1n) is 4.92. The van der Waals surface area contributed by atoms with Crippen molar-refractivity contribution in [2.75, 3.05) is 6.54 Å². The van der Waals surface area contributed by atoms with Gasteiger partial charge in [0.15, 0.2) is 0 Å². The van der Waals surface area contributed by atoms with Gasteiger partial charge in [-0.05, 0) is 19.9 Å². The van der Waals surface area contributed by atoms with E-state index < -0.39 is 17.4 Å². The molecule has 1 atom stereocenters. The van der Waals surface area contributed by atoms with Gasteiger partial charge in [0, 0.05) is 5.57 Å². The molecule has 1 aliphatic rings. The molecule has 0 radical (unpaired) electrons. The van der Waals surface area contributed by atoms with Crippen LogP contribution in [0.15, 0.2) is 23.8 Å². The highest BCUT2D eigenvalue weighted by atomic mass is 16.4. The molecule has 0 aromatic carbocycles. The van der Waals surface area contributed by atoms with Crippen molar-refractivity contribution in [3.8, 4) is 0 Å². The van der Waals surface area contributed by atoms with Crippen LogP contribution in [-0.2, 0) is 9.59 Å². The van der Waals surface area contributed by atoms with Gasteiger partial charge in [-0.2, -0.15) is 0 Å². The molecule has 0 aliphatic heterocycles. The third-order valence-corrected chi connectivity index (χ3v) is 2.08. The number of hydrogen-bond acceptors (Lipinski definition) is 3. The van der Waals surface area contributed by atoms with E-state index in [1.165, 1.54) is 25.2 Å². The summed E-state index contributed by atoms with van der Waals surface area (Å²) in [6, 6.07) is 0. The van der Waals surface area contributed by atoms with E-state index in [1.807, 2.05) is 6.92 Å². The summed E-state index contributed by atoms with van der Waals surface area (Å²) in [7, 11) is 0. The molecule has 90 valence electrons. The normalized spacial score (nSPS) is 22.8. The van der Waals surface area contributed by atoms with Crippen molar-refractivity contribution in [3.63, 3.8) is 0 Å². The van der Waals surface area contributed by atoms with Gasteiger partial charge in [-0.15, -0.1) is 0 Å². The molecule has 0 amide bonds. The molecular formula is C11H17NO4. The summed E-state index contributed by atoms with van der Waals surface area (Å²) in [6.07, 6.45) is 4.43. The predicted octanol–water partition coefficient (Wildman–Crippen LogP) is 1.01. The first kappa shape index (κ1) is 14.4. The van der Waals surface area contributed by atoms with Gasteiger partial charge < -0.3 is 15.9 Å². The van der Waals surface area contributed by atoms with Crippen molar-refractivity contribution < 1.29 is 19.8 Å². The summed E-state index contributed by atoms with van der Waals surface area (Å²) in [6.45, 7) is 4.15. The van der Waals surface area contributed by atoms with Crippen molar-refractivity contribution in [1.29, 1.82) is 0 Å². The summed E-state index contributed by atoms with van der Waals surface area (Å²) >= 11 is 0. The van der Waals surface area contributed by atoms with Crippen LogP contribution >= 0.6 is 0 Å². The molecule has 5 heteroatoms. The lowest BCUT2D eigenvalue weighted by molar-refractivity contribution is -0.145. The summed E-state index contributed by atoms with van der Waals surface area (Å²) in [4.78, 5) is 21.3. The number of aliphatic carboxylic acids is 2. The molecule has 16 heavy (non-hydrogen) atoms. The molecule has 0 bridgehead atoms. The van der Waals surface area contributed by atoms with Crippen molar-refractivity contribution in [2.45, 2.75) is 20.3 Å². The lowest BCUT2D eigenvalue weighted by Crippen LogP contribution is -2.28. The van der Waals surface area contributed by atoms with Gasteiger partial charge in [-0.25, -0.2) is 4.79 Å². The maximum absolute atomic E-state index is 10.8. The van der Waals surface area contributed by atoms with E-state index in [0.29, 0.717) is 0 Å². The monoisotopic (exact) mass is 227 g/mol. The van der Waals surface area contributed by atoms with E-state index in [4.69, 9.17) is 15.9 Å². The van der Waals surface area contributed by atoms with E-state index in [1.54, 1.807) is 0 Å². The highest BCUT2D eigenvalue weighted by Gasteiger charge is 2.34. The summed E-state index contributed by atoms with van der Waals surface area (Å²) in [5, 5.41) is 17.5. The number of allylic oxidation sites excluding steroid dienone is 2. The number of carbonyl (C=O) groups is 2. The predicted molar refractivity (Wildman–Crippen MR) is 59.9 cm³/mol. The number of rotatable bonds is 2. The Labute approximate surface area is 94.3 Å². The summed E-state index contributed by atoms with van der Waals surface area (Å²) in [5.74, 6) is -2.06. The van der Waals surface area contributed by atoms with Crippen LogP contribution in [0.1, 0.15) is 20.3 Å². The molecule has 1 aliphatic carbocycles. The summed E-state index contributed by atoms with van der Waals surface area (Å²) in [5.41, 5.74) is 3.90. The van der Waals surface area contributed by atoms with Gasteiger partial charge >= 0.3 is 11.9 Å². The number of nitrogens with two attached hydrogens (primary N) is 1. The largest absolute Gasteiger partial charge is 0.481 e. The lowest BCUT2D eigenvalue weighted by Gasteiger charge is -2.23. The second-order valence-corrected chi connectivity index (χ2v) is 3.66. The molecule has 0 saturated heterocycles. The SMILES string of the molecule is CC1(C(=O)O)C=CC=C(C(=O)O)C1.CCN. The van der Waals surface area contributed by atoms with E-state index >= 15 is 0 Å². The van der Waals surface area contributed by atoms with Crippen LogP contribution in [0.5, 0.6) is 0 Å². The van der Waals surface area contributed by atoms with Crippen molar-refractivity contribution in [3.05, 3.63) is 23.8 Å². The van der Waals surface area contributed by atoms with Crippen LogP contribution in [0.3, 0.4) is 0 Å². The van der Waals surface area contributed by atoms with Crippen LogP contribution in [0.4, 0.5) is 0 Å². The van der Waals surface area contributed by atoms with Crippen molar-refractivity contribution in [2.24, 2.45) is 11.1 Å². The molecule has 4 N–H and O–H groups in total. The molecule has 0 aromatic heterocycles. The van der Waals surface area contributed by atoms with Crippen molar-refractivity contribution >= 4 is 11.9 Å². The fourth-order valence-electron chi connectivity index (χ4n) is 1.18. The van der Waals surface area contributed by atoms with E-state index in [2.05, 4.69) is 0 Å². The van der Waals surface area contributed by atoms with Gasteiger partial charge in [0.1, 0.15) is 0 Å². The Kier molecular flexibility index (Phi) is 5.46. The van der Waals surface area contributed by atoms with Gasteiger partial charge in [-0.3, -0.25) is 4.79 Å². The second-order valence-electron chi connectivity index (χ2n) is 3.66. The smallest absolute Gasteiger partial charge is 0.331 e. The quantitative estimate of drug-likeness (QED) is 0.653. The molecule has 0 aromatic rings. The van der Waals surface area contributed by atoms with Crippen LogP contribution in [0, 0.1) is 5.41 Å². The zero-order valence-corrected chi connectivity index (χ0v) is 9.43. The number of carboxylic acid groups (broad SMARTS) is 2. The maximum atomic E-state index is 10.8. The first-order chi connectivity index (χ1) is 7.37. The van der Waals surface area contributed by atoms with Crippen molar-refractivity contribution in [1.82, 2.24) is 0 Å². The van der Waals surface area contributed by atoms with E-state index in [0.717, 1.165) is 6.54 Å². The number of carboxylic acids is 2. The highest BCUT2D eigenvalue weighted by Crippen LogP contribution is 2.31. The zero-order chi connectivity index (χ0) is 12.8. The average molecular weight is 227 g/mol. The minimum atomic E-state index is -1.08. The highest BCUT2D eigenvalue weighted by molar-refractivity contribution is 5.90. The summed E-state index contributed by atoms with van der Waals surface area (Å²) < 4.78 is 0. The van der Waals surface area contributed by atoms with Crippen LogP contribution in [0.25, 0.3) is 0 Å². The molecule has 0 fully saturated rings.